The van der Waals surface area contributed by atoms with Crippen LogP contribution in [0.2, 0.25) is 0 Å². The number of rotatable bonds is 19. The highest BCUT2D eigenvalue weighted by Gasteiger charge is 2.11. The van der Waals surface area contributed by atoms with Crippen LogP contribution in [0.15, 0.2) is 42.6 Å². The topological polar surface area (TPSA) is 109 Å². The van der Waals surface area contributed by atoms with Gasteiger partial charge in [0.2, 0.25) is 0 Å². The van der Waals surface area contributed by atoms with Crippen LogP contribution in [0, 0.1) is 10.1 Å². The molecule has 0 aliphatic carbocycles. The molecule has 2 aromatic rings. The second-order valence-corrected chi connectivity index (χ2v) is 8.90. The first-order valence-electron chi connectivity index (χ1n) is 12.7. The van der Waals surface area contributed by atoms with E-state index in [1.165, 1.54) is 51.0 Å². The van der Waals surface area contributed by atoms with Crippen LogP contribution in [0.25, 0.3) is 11.1 Å². The number of unbranched alkanes of at least 4 members (excludes halogenated alkanes) is 11. The Morgan fingerprint density at radius 1 is 0.941 bits per heavy atom. The summed E-state index contributed by atoms with van der Waals surface area (Å²) in [6.45, 7) is 0. The first-order valence-corrected chi connectivity index (χ1v) is 12.7. The van der Waals surface area contributed by atoms with Gasteiger partial charge in [0, 0.05) is 29.8 Å². The molecule has 0 bridgehead atoms. The standard InChI is InChI=1S/C27H39N3O4/c31-27(32)20-15-13-11-9-7-5-3-1-2-4-6-8-10-12-14-19-26-25(22-28-29-26)23-17-16-18-24(21-23)30(33)34/h1,3,16-18,21-22H,2,4-15,19-20H2,(H,28,29)(H,31,32). The molecule has 0 aliphatic rings. The van der Waals surface area contributed by atoms with E-state index in [0.29, 0.717) is 6.42 Å². The van der Waals surface area contributed by atoms with Crippen molar-refractivity contribution in [2.75, 3.05) is 0 Å². The fraction of sp³-hybridized carbons (Fsp3) is 0.556. The summed E-state index contributed by atoms with van der Waals surface area (Å²) >= 11 is 0. The molecule has 186 valence electrons. The maximum absolute atomic E-state index is 11.0. The molecular formula is C27H39N3O4. The first-order chi connectivity index (χ1) is 16.6. The van der Waals surface area contributed by atoms with Crippen LogP contribution in [0.1, 0.15) is 95.6 Å². The van der Waals surface area contributed by atoms with E-state index in [-0.39, 0.29) is 10.6 Å². The highest BCUT2D eigenvalue weighted by Crippen LogP contribution is 2.26. The van der Waals surface area contributed by atoms with Gasteiger partial charge in [-0.3, -0.25) is 20.0 Å². The van der Waals surface area contributed by atoms with E-state index in [1.54, 1.807) is 18.3 Å². The minimum atomic E-state index is -0.689. The zero-order valence-corrected chi connectivity index (χ0v) is 20.2. The zero-order valence-electron chi connectivity index (χ0n) is 20.2. The smallest absolute Gasteiger partial charge is 0.303 e. The van der Waals surface area contributed by atoms with Gasteiger partial charge in [-0.15, -0.1) is 0 Å². The summed E-state index contributed by atoms with van der Waals surface area (Å²) in [5, 5.41) is 26.8. The number of non-ortho nitro benzene ring substituents is 1. The van der Waals surface area contributed by atoms with Crippen LogP contribution in [0.3, 0.4) is 0 Å². The number of carbonyl (C=O) groups is 1. The molecule has 0 aliphatic heterocycles. The predicted molar refractivity (Wildman–Crippen MR) is 136 cm³/mol. The number of nitro benzene ring substituents is 1. The summed E-state index contributed by atoms with van der Waals surface area (Å²) in [4.78, 5) is 21.1. The van der Waals surface area contributed by atoms with Crippen LogP contribution >= 0.6 is 0 Å². The number of aliphatic carboxylic acids is 1. The van der Waals surface area contributed by atoms with E-state index in [0.717, 1.165) is 61.8 Å². The van der Waals surface area contributed by atoms with E-state index < -0.39 is 5.97 Å². The molecule has 0 atom stereocenters. The van der Waals surface area contributed by atoms with E-state index in [4.69, 9.17) is 5.11 Å². The monoisotopic (exact) mass is 469 g/mol. The molecule has 0 saturated heterocycles. The number of carboxylic acids is 1. The minimum Gasteiger partial charge on any atom is -0.481 e. The Kier molecular flexibility index (Phi) is 13.3. The molecule has 0 amide bonds. The molecule has 0 radical (unpaired) electrons. The summed E-state index contributed by atoms with van der Waals surface area (Å²) in [6.07, 6.45) is 22.4. The van der Waals surface area contributed by atoms with Gasteiger partial charge < -0.3 is 5.11 Å². The van der Waals surface area contributed by atoms with Gasteiger partial charge in [-0.25, -0.2) is 0 Å². The van der Waals surface area contributed by atoms with E-state index in [2.05, 4.69) is 22.3 Å². The van der Waals surface area contributed by atoms with Gasteiger partial charge in [0.25, 0.3) is 5.69 Å². The second kappa shape index (κ2) is 16.6. The number of hydrogen-bond acceptors (Lipinski definition) is 4. The summed E-state index contributed by atoms with van der Waals surface area (Å²) in [7, 11) is 0. The normalized spacial score (nSPS) is 11.3. The van der Waals surface area contributed by atoms with Crippen LogP contribution in [-0.4, -0.2) is 26.2 Å². The lowest BCUT2D eigenvalue weighted by atomic mass is 10.0. The van der Waals surface area contributed by atoms with Crippen LogP contribution in [-0.2, 0) is 11.2 Å². The van der Waals surface area contributed by atoms with Gasteiger partial charge in [0.05, 0.1) is 11.1 Å². The number of H-pyrrole nitrogens is 1. The third-order valence-electron chi connectivity index (χ3n) is 6.06. The third-order valence-corrected chi connectivity index (χ3v) is 6.06. The maximum Gasteiger partial charge on any atom is 0.303 e. The molecule has 34 heavy (non-hydrogen) atoms. The molecule has 0 saturated carbocycles. The first kappa shape index (κ1) is 27.3. The molecule has 0 unspecified atom stereocenters. The Bertz CT molecular complexity index is 892. The van der Waals surface area contributed by atoms with Crippen LogP contribution in [0.4, 0.5) is 5.69 Å². The van der Waals surface area contributed by atoms with Gasteiger partial charge in [0.15, 0.2) is 0 Å². The average Bonchev–Trinajstić information content (AvgIpc) is 3.29. The SMILES string of the molecule is O=C(O)CCCCCCCC=CCCCCCCCCc1[nH]ncc1-c1cccc([N+](=O)[O-])c1. The van der Waals surface area contributed by atoms with Crippen molar-refractivity contribution in [1.29, 1.82) is 0 Å². The molecule has 0 spiro atoms. The van der Waals surface area contributed by atoms with E-state index in [9.17, 15) is 14.9 Å². The average molecular weight is 470 g/mol. The fourth-order valence-electron chi connectivity index (χ4n) is 4.11. The number of aryl methyl sites for hydroxylation is 1. The van der Waals surface area contributed by atoms with E-state index >= 15 is 0 Å². The second-order valence-electron chi connectivity index (χ2n) is 8.90. The lowest BCUT2D eigenvalue weighted by molar-refractivity contribution is -0.384. The largest absolute Gasteiger partial charge is 0.481 e. The number of aromatic amines is 1. The number of nitro groups is 1. The predicted octanol–water partition coefficient (Wildman–Crippen LogP) is 7.63. The number of hydrogen-bond donors (Lipinski definition) is 2. The number of benzene rings is 1. The summed E-state index contributed by atoms with van der Waals surface area (Å²) in [5.74, 6) is -0.689. The molecule has 7 nitrogen and oxygen atoms in total. The van der Waals surface area contributed by atoms with Crippen LogP contribution in [0.5, 0.6) is 0 Å². The molecule has 2 rings (SSSR count). The number of carboxylic acid groups (broad SMARTS) is 1. The molecular weight excluding hydrogens is 430 g/mol. The van der Waals surface area contributed by atoms with Gasteiger partial charge >= 0.3 is 5.97 Å². The summed E-state index contributed by atoms with van der Waals surface area (Å²) in [6, 6.07) is 6.72. The quantitative estimate of drug-likeness (QED) is 0.0951. The van der Waals surface area contributed by atoms with E-state index in [1.807, 2.05) is 6.07 Å². The molecule has 0 fully saturated rings. The highest BCUT2D eigenvalue weighted by molar-refractivity contribution is 5.67. The Morgan fingerprint density at radius 2 is 1.56 bits per heavy atom. The third kappa shape index (κ3) is 11.3. The Labute approximate surface area is 202 Å². The van der Waals surface area contributed by atoms with Gasteiger partial charge in [0.1, 0.15) is 0 Å². The summed E-state index contributed by atoms with van der Waals surface area (Å²) < 4.78 is 0. The molecule has 1 aromatic carbocycles. The summed E-state index contributed by atoms with van der Waals surface area (Å²) in [5.41, 5.74) is 2.94. The molecule has 7 heteroatoms. The van der Waals surface area contributed by atoms with Crippen molar-refractivity contribution in [3.05, 3.63) is 58.4 Å². The van der Waals surface area contributed by atoms with Gasteiger partial charge in [-0.1, -0.05) is 69.2 Å². The lowest BCUT2D eigenvalue weighted by Crippen LogP contribution is -1.93. The molecule has 2 N–H and O–H groups in total. The van der Waals surface area contributed by atoms with Crippen molar-refractivity contribution < 1.29 is 14.8 Å². The van der Waals surface area contributed by atoms with Crippen LogP contribution < -0.4 is 0 Å². The zero-order chi connectivity index (χ0) is 24.4. The van der Waals surface area contributed by atoms with Crippen molar-refractivity contribution in [1.82, 2.24) is 10.2 Å². The number of allylic oxidation sites excluding steroid dienone is 2. The lowest BCUT2D eigenvalue weighted by Gasteiger charge is -2.04. The van der Waals surface area contributed by atoms with Gasteiger partial charge in [-0.05, 0) is 50.5 Å². The highest BCUT2D eigenvalue weighted by atomic mass is 16.6. The Morgan fingerprint density at radius 3 is 2.21 bits per heavy atom. The Balaban J connectivity index is 1.47. The van der Waals surface area contributed by atoms with Crippen molar-refractivity contribution in [3.63, 3.8) is 0 Å². The number of nitrogens with one attached hydrogen (secondary N) is 1. The maximum atomic E-state index is 11.0. The van der Waals surface area contributed by atoms with Crippen molar-refractivity contribution >= 4 is 11.7 Å². The van der Waals surface area contributed by atoms with Crippen molar-refractivity contribution in [2.45, 2.75) is 96.3 Å². The van der Waals surface area contributed by atoms with Gasteiger partial charge in [-0.2, -0.15) is 5.10 Å². The van der Waals surface area contributed by atoms with Crippen molar-refractivity contribution in [3.8, 4) is 11.1 Å². The Hall–Kier alpha value is -2.96. The molecule has 1 aromatic heterocycles. The molecule has 1 heterocycles. The number of aromatic nitrogens is 2. The fourth-order valence-corrected chi connectivity index (χ4v) is 4.11. The number of nitrogens with zero attached hydrogens (tertiary/aromatic N) is 2. The minimum absolute atomic E-state index is 0.101. The van der Waals surface area contributed by atoms with Crippen molar-refractivity contribution in [2.24, 2.45) is 0 Å².